The van der Waals surface area contributed by atoms with Gasteiger partial charge in [-0.3, -0.25) is 5.10 Å². The Bertz CT molecular complexity index is 1450. The predicted molar refractivity (Wildman–Crippen MR) is 129 cm³/mol. The molecule has 0 spiro atoms. The van der Waals surface area contributed by atoms with Crippen molar-refractivity contribution in [3.63, 3.8) is 0 Å². The van der Waals surface area contributed by atoms with Crippen molar-refractivity contribution in [1.29, 1.82) is 0 Å². The Kier molecular flexibility index (Phi) is 5.57. The van der Waals surface area contributed by atoms with Gasteiger partial charge >= 0.3 is 5.97 Å². The third-order valence-electron chi connectivity index (χ3n) is 8.00. The zero-order chi connectivity index (χ0) is 25.0. The van der Waals surface area contributed by atoms with E-state index in [-0.39, 0.29) is 30.5 Å². The minimum absolute atomic E-state index is 0.0855. The van der Waals surface area contributed by atoms with E-state index in [4.69, 9.17) is 4.74 Å². The molecule has 36 heavy (non-hydrogen) atoms. The van der Waals surface area contributed by atoms with E-state index in [0.717, 1.165) is 29.8 Å². The van der Waals surface area contributed by atoms with Gasteiger partial charge in [-0.25, -0.2) is 13.6 Å². The molecule has 7 nitrogen and oxygen atoms in total. The van der Waals surface area contributed by atoms with Gasteiger partial charge in [0.25, 0.3) is 0 Å². The van der Waals surface area contributed by atoms with Crippen LogP contribution in [0.3, 0.4) is 0 Å². The first-order valence-electron chi connectivity index (χ1n) is 12.4. The van der Waals surface area contributed by atoms with Crippen molar-refractivity contribution in [2.75, 3.05) is 13.2 Å². The van der Waals surface area contributed by atoms with Crippen LogP contribution >= 0.6 is 0 Å². The van der Waals surface area contributed by atoms with Gasteiger partial charge < -0.3 is 19.5 Å². The summed E-state index contributed by atoms with van der Waals surface area (Å²) in [5.74, 6) is -2.02. The van der Waals surface area contributed by atoms with E-state index in [2.05, 4.69) is 10.2 Å². The number of carbonyl (C=O) groups is 1. The van der Waals surface area contributed by atoms with E-state index in [1.807, 2.05) is 10.6 Å². The van der Waals surface area contributed by atoms with Crippen LogP contribution in [-0.4, -0.2) is 49.8 Å². The van der Waals surface area contributed by atoms with Gasteiger partial charge in [0.15, 0.2) is 11.4 Å². The fourth-order valence-electron chi connectivity index (χ4n) is 6.10. The number of nitrogens with one attached hydrogen (secondary N) is 1. The fraction of sp³-hybridized carbons (Fsp3) is 0.407. The zero-order valence-electron chi connectivity index (χ0n) is 19.6. The molecular formula is C27H27F2N3O4. The van der Waals surface area contributed by atoms with Gasteiger partial charge in [-0.2, -0.15) is 5.10 Å². The Morgan fingerprint density at radius 1 is 1.08 bits per heavy atom. The molecule has 1 saturated carbocycles. The van der Waals surface area contributed by atoms with Crippen molar-refractivity contribution in [1.82, 2.24) is 14.8 Å². The van der Waals surface area contributed by atoms with Gasteiger partial charge in [0, 0.05) is 41.3 Å². The van der Waals surface area contributed by atoms with E-state index in [1.165, 1.54) is 12.1 Å². The summed E-state index contributed by atoms with van der Waals surface area (Å²) in [4.78, 5) is 11.7. The monoisotopic (exact) mass is 495 g/mol. The molecule has 4 aromatic rings. The second-order valence-corrected chi connectivity index (χ2v) is 10.0. The van der Waals surface area contributed by atoms with Gasteiger partial charge in [-0.1, -0.05) is 0 Å². The minimum atomic E-state index is -1.76. The zero-order valence-corrected chi connectivity index (χ0v) is 19.6. The van der Waals surface area contributed by atoms with Gasteiger partial charge in [0.1, 0.15) is 11.3 Å². The average Bonchev–Trinajstić information content (AvgIpc) is 3.49. The molecule has 0 radical (unpaired) electrons. The quantitative estimate of drug-likeness (QED) is 0.364. The molecule has 3 N–H and O–H groups in total. The third-order valence-corrected chi connectivity index (χ3v) is 8.00. The van der Waals surface area contributed by atoms with Crippen molar-refractivity contribution >= 4 is 27.8 Å². The molecule has 6 rings (SSSR count). The summed E-state index contributed by atoms with van der Waals surface area (Å²) in [5.41, 5.74) is 1.77. The number of aromatic amines is 1. The fourth-order valence-corrected chi connectivity index (χ4v) is 6.10. The van der Waals surface area contributed by atoms with Crippen LogP contribution in [0.2, 0.25) is 0 Å². The number of hydrogen-bond donors (Lipinski definition) is 3. The molecule has 0 unspecified atom stereocenters. The number of aromatic nitrogens is 3. The van der Waals surface area contributed by atoms with Crippen LogP contribution in [0.4, 0.5) is 8.78 Å². The van der Waals surface area contributed by atoms with E-state index in [9.17, 15) is 19.4 Å². The molecule has 3 heterocycles. The molecule has 2 aromatic carbocycles. The Labute approximate surface area is 205 Å². The van der Waals surface area contributed by atoms with Crippen LogP contribution < -0.4 is 0 Å². The second kappa shape index (κ2) is 8.67. The van der Waals surface area contributed by atoms with E-state index >= 15 is 4.39 Å². The molecule has 0 atom stereocenters. The van der Waals surface area contributed by atoms with E-state index < -0.39 is 17.4 Å². The number of fused-ring (bicyclic) bond motifs is 2. The number of benzene rings is 2. The first-order valence-corrected chi connectivity index (χ1v) is 12.4. The van der Waals surface area contributed by atoms with Crippen molar-refractivity contribution in [3.8, 4) is 5.69 Å². The minimum Gasteiger partial charge on any atom is -0.479 e. The summed E-state index contributed by atoms with van der Waals surface area (Å²) in [6.07, 6.45) is 4.13. The summed E-state index contributed by atoms with van der Waals surface area (Å²) < 4.78 is 37.7. The molecule has 1 saturated heterocycles. The van der Waals surface area contributed by atoms with Gasteiger partial charge in [0.05, 0.1) is 11.7 Å². The number of nitrogens with zero attached hydrogens (tertiary/aromatic N) is 2. The highest BCUT2D eigenvalue weighted by Crippen LogP contribution is 2.48. The number of aliphatic carboxylic acids is 1. The summed E-state index contributed by atoms with van der Waals surface area (Å²) in [6.45, 7) is 1.18. The Hall–Kier alpha value is -3.30. The Balaban J connectivity index is 1.64. The number of carboxylic acid groups (broad SMARTS) is 1. The first-order chi connectivity index (χ1) is 17.4. The lowest BCUT2D eigenvalue weighted by Gasteiger charge is -2.34. The smallest absolute Gasteiger partial charge is 0.335 e. The number of hydrogen-bond acceptors (Lipinski definition) is 4. The lowest BCUT2D eigenvalue weighted by molar-refractivity contribution is -0.162. The lowest BCUT2D eigenvalue weighted by atomic mass is 9.74. The lowest BCUT2D eigenvalue weighted by Crippen LogP contribution is -2.41. The molecule has 1 aliphatic heterocycles. The highest BCUT2D eigenvalue weighted by atomic mass is 19.1. The largest absolute Gasteiger partial charge is 0.479 e. The molecule has 2 fully saturated rings. The Morgan fingerprint density at radius 3 is 2.44 bits per heavy atom. The SMILES string of the molecule is O=C(O)C1(O)CCC(c2c(C3CCOCC3)n(-c3ccc(F)cc3)c3cc4cn[nH]c4c(F)c23)CC1. The number of H-pyrrole nitrogens is 1. The van der Waals surface area contributed by atoms with Crippen LogP contribution in [0.5, 0.6) is 0 Å². The number of ether oxygens (including phenoxy) is 1. The summed E-state index contributed by atoms with van der Waals surface area (Å²) in [7, 11) is 0. The summed E-state index contributed by atoms with van der Waals surface area (Å²) in [6, 6.07) is 8.10. The molecule has 2 aliphatic rings. The normalized spacial score (nSPS) is 23.5. The molecule has 1 aliphatic carbocycles. The van der Waals surface area contributed by atoms with Crippen LogP contribution in [0, 0.1) is 11.6 Å². The maximum Gasteiger partial charge on any atom is 0.335 e. The van der Waals surface area contributed by atoms with Gasteiger partial charge in [0.2, 0.25) is 0 Å². The van der Waals surface area contributed by atoms with Crippen LogP contribution in [0.25, 0.3) is 27.5 Å². The molecule has 0 amide bonds. The van der Waals surface area contributed by atoms with Crippen LogP contribution in [0.1, 0.15) is 61.6 Å². The maximum atomic E-state index is 16.2. The van der Waals surface area contributed by atoms with Crippen molar-refractivity contribution < 1.29 is 28.5 Å². The molecule has 0 bridgehead atoms. The molecule has 188 valence electrons. The maximum absolute atomic E-state index is 16.2. The molecular weight excluding hydrogens is 468 g/mol. The van der Waals surface area contributed by atoms with Gasteiger partial charge in [-0.15, -0.1) is 0 Å². The molecule has 9 heteroatoms. The summed E-state index contributed by atoms with van der Waals surface area (Å²) in [5, 5.41) is 28.0. The average molecular weight is 496 g/mol. The van der Waals surface area contributed by atoms with Crippen molar-refractivity contribution in [3.05, 3.63) is 59.4 Å². The van der Waals surface area contributed by atoms with Crippen LogP contribution in [0.15, 0.2) is 36.5 Å². The highest BCUT2D eigenvalue weighted by Gasteiger charge is 2.42. The number of halogens is 2. The predicted octanol–water partition coefficient (Wildman–Crippen LogP) is 5.15. The topological polar surface area (TPSA) is 100 Å². The van der Waals surface area contributed by atoms with E-state index in [1.54, 1.807) is 18.3 Å². The van der Waals surface area contributed by atoms with Crippen molar-refractivity contribution in [2.45, 2.75) is 56.0 Å². The number of aliphatic hydroxyl groups is 1. The van der Waals surface area contributed by atoms with E-state index in [0.29, 0.717) is 47.9 Å². The highest BCUT2D eigenvalue weighted by molar-refractivity contribution is 6.00. The summed E-state index contributed by atoms with van der Waals surface area (Å²) >= 11 is 0. The van der Waals surface area contributed by atoms with Crippen LogP contribution in [-0.2, 0) is 9.53 Å². The first kappa shape index (κ1) is 23.1. The number of rotatable bonds is 4. The number of carboxylic acids is 1. The van der Waals surface area contributed by atoms with Crippen molar-refractivity contribution in [2.24, 2.45) is 0 Å². The Morgan fingerprint density at radius 2 is 1.78 bits per heavy atom. The second-order valence-electron chi connectivity index (χ2n) is 10.0. The molecule has 2 aromatic heterocycles. The van der Waals surface area contributed by atoms with Gasteiger partial charge in [-0.05, 0) is 80.3 Å². The third kappa shape index (κ3) is 3.60. The standard InChI is InChI=1S/C27H27F2N3O4/c28-18-1-3-19(4-2-18)32-20-13-17-14-30-31-24(17)23(29)22(20)21(25(32)16-7-11-36-12-8-16)15-5-9-27(35,10-6-15)26(33)34/h1-4,13-16,35H,5-12H2,(H,30,31)(H,33,34).